The smallest absolute Gasteiger partial charge is 0.123 e. The fourth-order valence-corrected chi connectivity index (χ4v) is 4.54. The number of halogens is 1. The molecule has 0 bridgehead atoms. The molecule has 150 valence electrons. The predicted octanol–water partition coefficient (Wildman–Crippen LogP) is 4.73. The van der Waals surface area contributed by atoms with Gasteiger partial charge in [-0.1, -0.05) is 0 Å². The number of fused-ring (bicyclic) bond motifs is 2. The maximum Gasteiger partial charge on any atom is 0.123 e. The van der Waals surface area contributed by atoms with Gasteiger partial charge in [0.25, 0.3) is 0 Å². The van der Waals surface area contributed by atoms with Crippen molar-refractivity contribution in [2.24, 2.45) is 0 Å². The minimum atomic E-state index is -0.227. The molecule has 1 saturated heterocycles. The normalized spacial score (nSPS) is 15.5. The zero-order valence-electron chi connectivity index (χ0n) is 16.5. The lowest BCUT2D eigenvalue weighted by Crippen LogP contribution is -2.18. The molecule has 4 aromatic rings. The van der Waals surface area contributed by atoms with Gasteiger partial charge in [-0.25, -0.2) is 4.39 Å². The van der Waals surface area contributed by atoms with Crippen LogP contribution in [0.15, 0.2) is 42.6 Å². The molecule has 0 radical (unpaired) electrons. The van der Waals surface area contributed by atoms with E-state index in [4.69, 9.17) is 9.47 Å². The first-order valence-corrected chi connectivity index (χ1v) is 10.1. The topological polar surface area (TPSA) is 52.1 Å². The largest absolute Gasteiger partial charge is 0.384 e. The van der Waals surface area contributed by atoms with Gasteiger partial charge in [-0.15, -0.1) is 0 Å². The van der Waals surface area contributed by atoms with Crippen molar-refractivity contribution < 1.29 is 13.9 Å². The Morgan fingerprint density at radius 2 is 2.00 bits per heavy atom. The summed E-state index contributed by atoms with van der Waals surface area (Å²) in [6.45, 7) is 2.19. The zero-order chi connectivity index (χ0) is 19.8. The van der Waals surface area contributed by atoms with Crippen molar-refractivity contribution in [1.82, 2.24) is 14.8 Å². The Hall–Kier alpha value is -2.70. The van der Waals surface area contributed by atoms with Crippen LogP contribution in [0.5, 0.6) is 0 Å². The van der Waals surface area contributed by atoms with Crippen molar-refractivity contribution in [1.29, 1.82) is 0 Å². The number of hydrogen-bond donors (Lipinski definition) is 1. The average Bonchev–Trinajstić information content (AvgIpc) is 3.33. The first kappa shape index (κ1) is 18.3. The number of rotatable bonds is 5. The van der Waals surface area contributed by atoms with E-state index < -0.39 is 0 Å². The van der Waals surface area contributed by atoms with Gasteiger partial charge in [-0.2, -0.15) is 5.10 Å². The minimum Gasteiger partial charge on any atom is -0.384 e. The fourth-order valence-electron chi connectivity index (χ4n) is 4.54. The summed E-state index contributed by atoms with van der Waals surface area (Å²) in [7, 11) is 1.74. The summed E-state index contributed by atoms with van der Waals surface area (Å²) in [4.78, 5) is 0. The van der Waals surface area contributed by atoms with Crippen LogP contribution in [-0.4, -0.2) is 41.7 Å². The number of hydrogen-bond acceptors (Lipinski definition) is 3. The first-order chi connectivity index (χ1) is 14.3. The van der Waals surface area contributed by atoms with Crippen LogP contribution in [0.25, 0.3) is 27.5 Å². The molecule has 0 unspecified atom stereocenters. The van der Waals surface area contributed by atoms with Gasteiger partial charge in [0, 0.05) is 48.4 Å². The van der Waals surface area contributed by atoms with Crippen molar-refractivity contribution in [3.05, 3.63) is 59.7 Å². The number of methoxy groups -OCH3 is 1. The highest BCUT2D eigenvalue weighted by atomic mass is 19.1. The van der Waals surface area contributed by atoms with Crippen LogP contribution in [0.3, 0.4) is 0 Å². The standard InChI is InChI=1S/C23H24FN3O2/c1-28-9-8-19-20-13-21-16(14-25-26-21)12-22(20)27(18-4-2-17(24)3-5-18)23(19)15-6-10-29-11-7-15/h2-5,12-15H,6-11H2,1H3,(H,25,26). The van der Waals surface area contributed by atoms with Gasteiger partial charge in [0.05, 0.1) is 23.8 Å². The SMILES string of the molecule is COCCc1c(C2CCOCC2)n(-c2ccc(F)cc2)c2cc3cn[nH]c3cc12. The molecular weight excluding hydrogens is 369 g/mol. The van der Waals surface area contributed by atoms with Gasteiger partial charge in [-0.05, 0) is 61.2 Å². The highest BCUT2D eigenvalue weighted by Gasteiger charge is 2.27. The van der Waals surface area contributed by atoms with Crippen LogP contribution in [0.2, 0.25) is 0 Å². The number of benzene rings is 2. The summed E-state index contributed by atoms with van der Waals surface area (Å²) in [6, 6.07) is 11.1. The fraction of sp³-hybridized carbons (Fsp3) is 0.348. The Morgan fingerprint density at radius 1 is 1.21 bits per heavy atom. The maximum atomic E-state index is 13.7. The third-order valence-corrected chi connectivity index (χ3v) is 5.92. The number of ether oxygens (including phenoxy) is 2. The molecule has 0 saturated carbocycles. The van der Waals surface area contributed by atoms with Crippen molar-refractivity contribution in [3.63, 3.8) is 0 Å². The highest BCUT2D eigenvalue weighted by Crippen LogP contribution is 2.39. The number of aromatic amines is 1. The molecule has 2 aromatic carbocycles. The first-order valence-electron chi connectivity index (χ1n) is 10.1. The quantitative estimate of drug-likeness (QED) is 0.533. The van der Waals surface area contributed by atoms with Crippen molar-refractivity contribution in [2.45, 2.75) is 25.2 Å². The van der Waals surface area contributed by atoms with Crippen molar-refractivity contribution in [3.8, 4) is 5.69 Å². The van der Waals surface area contributed by atoms with Gasteiger partial charge in [-0.3, -0.25) is 5.10 Å². The second kappa shape index (κ2) is 7.61. The monoisotopic (exact) mass is 393 g/mol. The zero-order valence-corrected chi connectivity index (χ0v) is 16.5. The van der Waals surface area contributed by atoms with Gasteiger partial charge in [0.2, 0.25) is 0 Å². The van der Waals surface area contributed by atoms with E-state index in [1.165, 1.54) is 28.8 Å². The molecule has 1 N–H and O–H groups in total. The Kier molecular flexibility index (Phi) is 4.81. The van der Waals surface area contributed by atoms with Crippen LogP contribution >= 0.6 is 0 Å². The number of nitrogens with zero attached hydrogens (tertiary/aromatic N) is 2. The second-order valence-corrected chi connectivity index (χ2v) is 7.63. The van der Waals surface area contributed by atoms with E-state index in [-0.39, 0.29) is 5.82 Å². The summed E-state index contributed by atoms with van der Waals surface area (Å²) in [5.74, 6) is 0.166. The van der Waals surface area contributed by atoms with E-state index in [1.807, 2.05) is 18.3 Å². The van der Waals surface area contributed by atoms with E-state index in [2.05, 4.69) is 26.9 Å². The molecule has 0 spiro atoms. The third kappa shape index (κ3) is 3.22. The van der Waals surface area contributed by atoms with Crippen LogP contribution in [0.4, 0.5) is 4.39 Å². The Balaban J connectivity index is 1.82. The molecule has 0 aliphatic carbocycles. The lowest BCUT2D eigenvalue weighted by Gasteiger charge is -2.25. The molecule has 1 aliphatic rings. The molecule has 5 nitrogen and oxygen atoms in total. The maximum absolute atomic E-state index is 13.7. The summed E-state index contributed by atoms with van der Waals surface area (Å²) in [5.41, 5.74) is 5.72. The molecule has 5 rings (SSSR count). The highest BCUT2D eigenvalue weighted by molar-refractivity contribution is 5.98. The number of H-pyrrole nitrogens is 1. The van der Waals surface area contributed by atoms with Crippen LogP contribution in [0.1, 0.15) is 30.0 Å². The molecule has 0 amide bonds. The Morgan fingerprint density at radius 3 is 2.76 bits per heavy atom. The van der Waals surface area contributed by atoms with Gasteiger partial charge in [0.15, 0.2) is 0 Å². The predicted molar refractivity (Wildman–Crippen MR) is 111 cm³/mol. The van der Waals surface area contributed by atoms with E-state index in [0.717, 1.165) is 54.6 Å². The summed E-state index contributed by atoms with van der Waals surface area (Å²) >= 11 is 0. The van der Waals surface area contributed by atoms with E-state index in [1.54, 1.807) is 7.11 Å². The van der Waals surface area contributed by atoms with E-state index in [9.17, 15) is 4.39 Å². The molecule has 29 heavy (non-hydrogen) atoms. The Labute approximate surface area is 168 Å². The summed E-state index contributed by atoms with van der Waals surface area (Å²) < 4.78 is 27.0. The van der Waals surface area contributed by atoms with Crippen LogP contribution < -0.4 is 0 Å². The number of nitrogens with one attached hydrogen (secondary N) is 1. The van der Waals surface area contributed by atoms with Gasteiger partial charge >= 0.3 is 0 Å². The van der Waals surface area contributed by atoms with Crippen LogP contribution in [-0.2, 0) is 15.9 Å². The van der Waals surface area contributed by atoms with Crippen molar-refractivity contribution in [2.75, 3.05) is 26.9 Å². The molecule has 0 atom stereocenters. The third-order valence-electron chi connectivity index (χ3n) is 5.92. The average molecular weight is 393 g/mol. The van der Waals surface area contributed by atoms with Gasteiger partial charge < -0.3 is 14.0 Å². The van der Waals surface area contributed by atoms with Gasteiger partial charge in [0.1, 0.15) is 5.82 Å². The lowest BCUT2D eigenvalue weighted by molar-refractivity contribution is 0.0840. The molecule has 2 aromatic heterocycles. The van der Waals surface area contributed by atoms with Crippen molar-refractivity contribution >= 4 is 21.8 Å². The number of aromatic nitrogens is 3. The second-order valence-electron chi connectivity index (χ2n) is 7.63. The van der Waals surface area contributed by atoms with Crippen LogP contribution in [0, 0.1) is 5.82 Å². The molecule has 1 aliphatic heterocycles. The lowest BCUT2D eigenvalue weighted by atomic mass is 9.91. The molecule has 1 fully saturated rings. The molecule has 3 heterocycles. The molecule has 6 heteroatoms. The van der Waals surface area contributed by atoms with E-state index in [0.29, 0.717) is 12.5 Å². The Bertz CT molecular complexity index is 1140. The summed E-state index contributed by atoms with van der Waals surface area (Å²) in [6.07, 6.45) is 4.64. The van der Waals surface area contributed by atoms with E-state index >= 15 is 0 Å². The molecular formula is C23H24FN3O2. The minimum absolute atomic E-state index is 0.227. The summed E-state index contributed by atoms with van der Waals surface area (Å²) in [5, 5.41) is 9.55.